The standard InChI is InChI=1S/C16H18N4O3/c1-10(18-15(21)16(2,3)9-17)14-19-13(20-23-14)11-6-5-7-12(8-11)22-4/h5-8,10H,1-4H3,(H,18,21)/t10-/m0/s1. The first-order valence-electron chi connectivity index (χ1n) is 7.07. The van der Waals surface area contributed by atoms with Gasteiger partial charge in [-0.05, 0) is 32.9 Å². The minimum Gasteiger partial charge on any atom is -0.497 e. The number of carbonyl (C=O) groups excluding carboxylic acids is 1. The molecule has 1 aromatic carbocycles. The molecule has 0 aliphatic rings. The Morgan fingerprint density at radius 2 is 2.22 bits per heavy atom. The van der Waals surface area contributed by atoms with Crippen LogP contribution in [0.25, 0.3) is 11.4 Å². The number of hydrogen-bond donors (Lipinski definition) is 1. The lowest BCUT2D eigenvalue weighted by atomic mass is 9.94. The second-order valence-corrected chi connectivity index (χ2v) is 5.62. The Morgan fingerprint density at radius 1 is 1.48 bits per heavy atom. The van der Waals surface area contributed by atoms with Crippen molar-refractivity contribution in [2.75, 3.05) is 7.11 Å². The molecule has 0 unspecified atom stereocenters. The second-order valence-electron chi connectivity index (χ2n) is 5.62. The summed E-state index contributed by atoms with van der Waals surface area (Å²) in [6.07, 6.45) is 0. The molecular weight excluding hydrogens is 296 g/mol. The Bertz CT molecular complexity index is 746. The Kier molecular flexibility index (Phi) is 4.65. The zero-order valence-electron chi connectivity index (χ0n) is 13.5. The van der Waals surface area contributed by atoms with E-state index in [-0.39, 0.29) is 5.89 Å². The first-order chi connectivity index (χ1) is 10.9. The second kappa shape index (κ2) is 6.48. The first kappa shape index (κ1) is 16.5. The maximum Gasteiger partial charge on any atom is 0.249 e. The molecule has 0 aliphatic carbocycles. The lowest BCUT2D eigenvalue weighted by Gasteiger charge is -2.17. The normalized spacial score (nSPS) is 12.3. The third-order valence-electron chi connectivity index (χ3n) is 3.33. The molecule has 0 saturated heterocycles. The predicted molar refractivity (Wildman–Crippen MR) is 82.2 cm³/mol. The topological polar surface area (TPSA) is 101 Å². The lowest BCUT2D eigenvalue weighted by Crippen LogP contribution is -2.37. The predicted octanol–water partition coefficient (Wildman–Crippen LogP) is 2.47. The number of ether oxygens (including phenoxy) is 1. The minimum atomic E-state index is -1.12. The number of aromatic nitrogens is 2. The van der Waals surface area contributed by atoms with Crippen LogP contribution in [0.15, 0.2) is 28.8 Å². The minimum absolute atomic E-state index is 0.268. The smallest absolute Gasteiger partial charge is 0.249 e. The summed E-state index contributed by atoms with van der Waals surface area (Å²) in [6, 6.07) is 8.71. The van der Waals surface area contributed by atoms with E-state index in [0.717, 1.165) is 5.56 Å². The van der Waals surface area contributed by atoms with Gasteiger partial charge in [0.2, 0.25) is 17.6 Å². The van der Waals surface area contributed by atoms with Gasteiger partial charge in [-0.1, -0.05) is 17.3 Å². The van der Waals surface area contributed by atoms with Gasteiger partial charge in [-0.15, -0.1) is 0 Å². The number of rotatable bonds is 5. The van der Waals surface area contributed by atoms with Crippen LogP contribution in [-0.2, 0) is 4.79 Å². The number of carbonyl (C=O) groups is 1. The maximum absolute atomic E-state index is 12.0. The monoisotopic (exact) mass is 314 g/mol. The first-order valence-corrected chi connectivity index (χ1v) is 7.07. The molecule has 0 radical (unpaired) electrons. The van der Waals surface area contributed by atoms with Crippen molar-refractivity contribution in [2.24, 2.45) is 5.41 Å². The van der Waals surface area contributed by atoms with Crippen molar-refractivity contribution in [3.05, 3.63) is 30.2 Å². The van der Waals surface area contributed by atoms with Gasteiger partial charge in [0.25, 0.3) is 0 Å². The van der Waals surface area contributed by atoms with Gasteiger partial charge in [-0.2, -0.15) is 10.2 Å². The molecule has 0 fully saturated rings. The third kappa shape index (κ3) is 3.66. The molecule has 7 heteroatoms. The van der Waals surface area contributed by atoms with Crippen molar-refractivity contribution in [3.63, 3.8) is 0 Å². The highest BCUT2D eigenvalue weighted by atomic mass is 16.5. The van der Waals surface area contributed by atoms with E-state index in [1.54, 1.807) is 33.9 Å². The molecule has 2 aromatic rings. The highest BCUT2D eigenvalue weighted by Gasteiger charge is 2.29. The van der Waals surface area contributed by atoms with E-state index in [1.807, 2.05) is 24.3 Å². The Morgan fingerprint density at radius 3 is 2.87 bits per heavy atom. The number of nitriles is 1. The van der Waals surface area contributed by atoms with E-state index in [2.05, 4.69) is 15.5 Å². The maximum atomic E-state index is 12.0. The molecule has 7 nitrogen and oxygen atoms in total. The lowest BCUT2D eigenvalue weighted by molar-refractivity contribution is -0.127. The van der Waals surface area contributed by atoms with Crippen molar-refractivity contribution in [2.45, 2.75) is 26.8 Å². The molecule has 2 rings (SSSR count). The van der Waals surface area contributed by atoms with Crippen molar-refractivity contribution in [3.8, 4) is 23.2 Å². The summed E-state index contributed by atoms with van der Waals surface area (Å²) in [7, 11) is 1.58. The van der Waals surface area contributed by atoms with Crippen LogP contribution in [0.5, 0.6) is 5.75 Å². The molecule has 1 heterocycles. The summed E-state index contributed by atoms with van der Waals surface area (Å²) in [4.78, 5) is 16.3. The van der Waals surface area contributed by atoms with Crippen LogP contribution in [0.2, 0.25) is 0 Å². The SMILES string of the molecule is COc1cccc(-c2noc([C@H](C)NC(=O)C(C)(C)C#N)n2)c1. The molecule has 0 spiro atoms. The molecule has 1 atom stereocenters. The van der Waals surface area contributed by atoms with E-state index in [4.69, 9.17) is 14.5 Å². The van der Waals surface area contributed by atoms with Crippen LogP contribution in [0.1, 0.15) is 32.7 Å². The van der Waals surface area contributed by atoms with E-state index in [1.165, 1.54) is 0 Å². The number of nitrogens with zero attached hydrogens (tertiary/aromatic N) is 3. The summed E-state index contributed by atoms with van der Waals surface area (Å²) >= 11 is 0. The Labute approximate surface area is 134 Å². The average molecular weight is 314 g/mol. The van der Waals surface area contributed by atoms with Crippen LogP contribution in [0.3, 0.4) is 0 Å². The Balaban J connectivity index is 2.15. The van der Waals surface area contributed by atoms with Gasteiger partial charge >= 0.3 is 0 Å². The average Bonchev–Trinajstić information content (AvgIpc) is 3.05. The van der Waals surface area contributed by atoms with Crippen LogP contribution in [0, 0.1) is 16.7 Å². The summed E-state index contributed by atoms with van der Waals surface area (Å²) in [5, 5.41) is 15.6. The number of amides is 1. The van der Waals surface area contributed by atoms with Gasteiger partial charge in [0.05, 0.1) is 13.2 Å². The summed E-state index contributed by atoms with van der Waals surface area (Å²) in [5.41, 5.74) is -0.376. The van der Waals surface area contributed by atoms with E-state index >= 15 is 0 Å². The highest BCUT2D eigenvalue weighted by molar-refractivity contribution is 5.84. The van der Waals surface area contributed by atoms with Gasteiger partial charge in [-0.25, -0.2) is 0 Å². The summed E-state index contributed by atoms with van der Waals surface area (Å²) < 4.78 is 10.4. The van der Waals surface area contributed by atoms with Crippen LogP contribution in [-0.4, -0.2) is 23.2 Å². The van der Waals surface area contributed by atoms with E-state index in [9.17, 15) is 4.79 Å². The van der Waals surface area contributed by atoms with Crippen LogP contribution in [0.4, 0.5) is 0 Å². The number of methoxy groups -OCH3 is 1. The molecule has 23 heavy (non-hydrogen) atoms. The molecule has 1 amide bonds. The molecular formula is C16H18N4O3. The van der Waals surface area contributed by atoms with E-state index < -0.39 is 17.4 Å². The number of nitrogens with one attached hydrogen (secondary N) is 1. The summed E-state index contributed by atoms with van der Waals surface area (Å²) in [5.74, 6) is 0.962. The van der Waals surface area contributed by atoms with Gasteiger partial charge < -0.3 is 14.6 Å². The van der Waals surface area contributed by atoms with E-state index in [0.29, 0.717) is 11.6 Å². The fraction of sp³-hybridized carbons (Fsp3) is 0.375. The van der Waals surface area contributed by atoms with Gasteiger partial charge in [-0.3, -0.25) is 4.79 Å². The highest BCUT2D eigenvalue weighted by Crippen LogP contribution is 2.23. The zero-order chi connectivity index (χ0) is 17.0. The fourth-order valence-electron chi connectivity index (χ4n) is 1.78. The number of benzene rings is 1. The Hall–Kier alpha value is -2.88. The summed E-state index contributed by atoms with van der Waals surface area (Å²) in [6.45, 7) is 4.81. The van der Waals surface area contributed by atoms with Crippen molar-refractivity contribution in [1.29, 1.82) is 5.26 Å². The van der Waals surface area contributed by atoms with Crippen molar-refractivity contribution >= 4 is 5.91 Å². The van der Waals surface area contributed by atoms with Gasteiger partial charge in [0.1, 0.15) is 17.2 Å². The number of hydrogen-bond acceptors (Lipinski definition) is 6. The largest absolute Gasteiger partial charge is 0.497 e. The van der Waals surface area contributed by atoms with Gasteiger partial charge in [0.15, 0.2) is 0 Å². The molecule has 1 N–H and O–H groups in total. The molecule has 1 aromatic heterocycles. The third-order valence-corrected chi connectivity index (χ3v) is 3.33. The molecule has 0 saturated carbocycles. The van der Waals surface area contributed by atoms with Crippen molar-refractivity contribution in [1.82, 2.24) is 15.5 Å². The zero-order valence-corrected chi connectivity index (χ0v) is 13.5. The molecule has 120 valence electrons. The van der Waals surface area contributed by atoms with Crippen molar-refractivity contribution < 1.29 is 14.1 Å². The van der Waals surface area contributed by atoms with Gasteiger partial charge in [0, 0.05) is 5.56 Å². The molecule has 0 aliphatic heterocycles. The quantitative estimate of drug-likeness (QED) is 0.909. The molecule has 0 bridgehead atoms. The fourth-order valence-corrected chi connectivity index (χ4v) is 1.78. The van der Waals surface area contributed by atoms with Crippen LogP contribution >= 0.6 is 0 Å². The van der Waals surface area contributed by atoms with Crippen LogP contribution < -0.4 is 10.1 Å².